The first-order chi connectivity index (χ1) is 8.73. The van der Waals surface area contributed by atoms with Crippen molar-refractivity contribution in [2.75, 3.05) is 13.2 Å². The number of hydrogen-bond donors (Lipinski definition) is 1. The van der Waals surface area contributed by atoms with E-state index in [2.05, 4.69) is 19.2 Å². The van der Waals surface area contributed by atoms with Crippen molar-refractivity contribution in [1.29, 1.82) is 0 Å². The molecule has 1 aliphatic rings. The second kappa shape index (κ2) is 6.23. The SMILES string of the molecule is CCOC1CC(NCC(=O)OC(C)(C)C)C1(C)CC. The van der Waals surface area contributed by atoms with Crippen LogP contribution in [0.3, 0.4) is 0 Å². The predicted molar refractivity (Wildman–Crippen MR) is 76.1 cm³/mol. The van der Waals surface area contributed by atoms with Crippen molar-refractivity contribution in [2.24, 2.45) is 5.41 Å². The molecule has 19 heavy (non-hydrogen) atoms. The molecule has 1 rings (SSSR count). The summed E-state index contributed by atoms with van der Waals surface area (Å²) in [6, 6.07) is 0.335. The van der Waals surface area contributed by atoms with Gasteiger partial charge in [0, 0.05) is 18.1 Å². The summed E-state index contributed by atoms with van der Waals surface area (Å²) in [6.07, 6.45) is 2.32. The number of ether oxygens (including phenoxy) is 2. The molecule has 0 aromatic carbocycles. The molecular weight excluding hydrogens is 242 g/mol. The summed E-state index contributed by atoms with van der Waals surface area (Å²) in [5.74, 6) is -0.189. The Kier molecular flexibility index (Phi) is 5.39. The maximum atomic E-state index is 11.7. The Morgan fingerprint density at radius 3 is 2.47 bits per heavy atom. The second-order valence-corrected chi connectivity index (χ2v) is 6.56. The van der Waals surface area contributed by atoms with Crippen molar-refractivity contribution in [3.8, 4) is 0 Å². The Balaban J connectivity index is 2.41. The summed E-state index contributed by atoms with van der Waals surface area (Å²) in [6.45, 7) is 13.1. The first kappa shape index (κ1) is 16.4. The highest BCUT2D eigenvalue weighted by Crippen LogP contribution is 2.45. The van der Waals surface area contributed by atoms with Crippen LogP contribution in [-0.4, -0.2) is 36.9 Å². The zero-order valence-electron chi connectivity index (χ0n) is 13.2. The molecule has 1 fully saturated rings. The summed E-state index contributed by atoms with van der Waals surface area (Å²) in [7, 11) is 0. The number of carbonyl (C=O) groups excluding carboxylic acids is 1. The lowest BCUT2D eigenvalue weighted by molar-refractivity contribution is -0.156. The van der Waals surface area contributed by atoms with Gasteiger partial charge < -0.3 is 14.8 Å². The molecule has 4 heteroatoms. The molecule has 0 saturated heterocycles. The zero-order chi connectivity index (χ0) is 14.7. The van der Waals surface area contributed by atoms with E-state index in [9.17, 15) is 4.79 Å². The average Bonchev–Trinajstić information content (AvgIpc) is 2.29. The Morgan fingerprint density at radius 1 is 1.37 bits per heavy atom. The van der Waals surface area contributed by atoms with Gasteiger partial charge in [0.2, 0.25) is 0 Å². The van der Waals surface area contributed by atoms with Crippen LogP contribution in [-0.2, 0) is 14.3 Å². The smallest absolute Gasteiger partial charge is 0.320 e. The average molecular weight is 271 g/mol. The summed E-state index contributed by atoms with van der Waals surface area (Å²) >= 11 is 0. The summed E-state index contributed by atoms with van der Waals surface area (Å²) in [5, 5.41) is 3.32. The fraction of sp³-hybridized carbons (Fsp3) is 0.933. The molecule has 0 aromatic heterocycles. The third kappa shape index (κ3) is 4.18. The molecule has 112 valence electrons. The first-order valence-electron chi connectivity index (χ1n) is 7.29. The predicted octanol–water partition coefficient (Wildman–Crippen LogP) is 2.51. The van der Waals surface area contributed by atoms with Crippen molar-refractivity contribution in [1.82, 2.24) is 5.32 Å². The summed E-state index contributed by atoms with van der Waals surface area (Å²) in [5.41, 5.74) is -0.293. The van der Waals surface area contributed by atoms with Gasteiger partial charge in [-0.25, -0.2) is 0 Å². The van der Waals surface area contributed by atoms with E-state index in [0.29, 0.717) is 12.1 Å². The molecule has 3 unspecified atom stereocenters. The molecule has 1 N–H and O–H groups in total. The molecule has 1 saturated carbocycles. The molecule has 1 aliphatic carbocycles. The molecule has 0 aromatic rings. The first-order valence-corrected chi connectivity index (χ1v) is 7.29. The monoisotopic (exact) mass is 271 g/mol. The van der Waals surface area contributed by atoms with Crippen LogP contribution in [0.25, 0.3) is 0 Å². The Hall–Kier alpha value is -0.610. The Bertz CT molecular complexity index is 311. The standard InChI is InChI=1S/C15H29NO3/c1-7-15(6)11(9-12(15)18-8-2)16-10-13(17)19-14(3,4)5/h11-12,16H,7-10H2,1-6H3. The molecule has 0 bridgehead atoms. The second-order valence-electron chi connectivity index (χ2n) is 6.56. The highest BCUT2D eigenvalue weighted by molar-refractivity contribution is 5.72. The Morgan fingerprint density at radius 2 is 2.00 bits per heavy atom. The van der Waals surface area contributed by atoms with Gasteiger partial charge >= 0.3 is 5.97 Å². The minimum atomic E-state index is -0.416. The van der Waals surface area contributed by atoms with Crippen LogP contribution < -0.4 is 5.32 Å². The highest BCUT2D eigenvalue weighted by Gasteiger charge is 2.50. The third-order valence-electron chi connectivity index (χ3n) is 4.02. The molecular formula is C15H29NO3. The minimum absolute atomic E-state index is 0.123. The molecule has 0 aliphatic heterocycles. The molecule has 0 amide bonds. The summed E-state index contributed by atoms with van der Waals surface area (Å²) < 4.78 is 11.0. The van der Waals surface area contributed by atoms with Gasteiger partial charge in [-0.1, -0.05) is 13.8 Å². The van der Waals surface area contributed by atoms with Crippen molar-refractivity contribution in [3.05, 3.63) is 0 Å². The van der Waals surface area contributed by atoms with Crippen molar-refractivity contribution < 1.29 is 14.3 Å². The van der Waals surface area contributed by atoms with Crippen molar-refractivity contribution in [2.45, 2.75) is 72.1 Å². The van der Waals surface area contributed by atoms with Crippen molar-refractivity contribution >= 4 is 5.97 Å². The van der Waals surface area contributed by atoms with Gasteiger partial charge in [-0.3, -0.25) is 4.79 Å². The summed E-state index contributed by atoms with van der Waals surface area (Å²) in [4.78, 5) is 11.7. The lowest BCUT2D eigenvalue weighted by Gasteiger charge is -2.53. The van der Waals surface area contributed by atoms with Gasteiger partial charge in [0.15, 0.2) is 0 Å². The number of esters is 1. The topological polar surface area (TPSA) is 47.6 Å². The molecule has 0 heterocycles. The van der Waals surface area contributed by atoms with Crippen LogP contribution in [0.4, 0.5) is 0 Å². The number of carbonyl (C=O) groups is 1. The quantitative estimate of drug-likeness (QED) is 0.754. The van der Waals surface area contributed by atoms with Crippen LogP contribution in [0.5, 0.6) is 0 Å². The molecule has 0 spiro atoms. The van der Waals surface area contributed by atoms with E-state index in [1.807, 2.05) is 27.7 Å². The van der Waals surface area contributed by atoms with Gasteiger partial charge in [0.25, 0.3) is 0 Å². The van der Waals surface area contributed by atoms with E-state index in [4.69, 9.17) is 9.47 Å². The third-order valence-corrected chi connectivity index (χ3v) is 4.02. The van der Waals surface area contributed by atoms with Crippen LogP contribution in [0, 0.1) is 5.41 Å². The van der Waals surface area contributed by atoms with Crippen LogP contribution in [0.1, 0.15) is 54.4 Å². The maximum Gasteiger partial charge on any atom is 0.320 e. The van der Waals surface area contributed by atoms with E-state index < -0.39 is 5.60 Å². The lowest BCUT2D eigenvalue weighted by atomic mass is 9.61. The fourth-order valence-electron chi connectivity index (χ4n) is 2.65. The maximum absolute atomic E-state index is 11.7. The van der Waals surface area contributed by atoms with Gasteiger partial charge in [0.1, 0.15) is 5.60 Å². The number of hydrogen-bond acceptors (Lipinski definition) is 4. The fourth-order valence-corrected chi connectivity index (χ4v) is 2.65. The van der Waals surface area contributed by atoms with E-state index in [1.54, 1.807) is 0 Å². The van der Waals surface area contributed by atoms with E-state index in [0.717, 1.165) is 19.4 Å². The zero-order valence-corrected chi connectivity index (χ0v) is 13.2. The van der Waals surface area contributed by atoms with E-state index in [-0.39, 0.29) is 17.9 Å². The number of nitrogens with one attached hydrogen (secondary N) is 1. The van der Waals surface area contributed by atoms with Crippen LogP contribution in [0.15, 0.2) is 0 Å². The molecule has 4 nitrogen and oxygen atoms in total. The lowest BCUT2D eigenvalue weighted by Crippen LogP contribution is -2.62. The highest BCUT2D eigenvalue weighted by atomic mass is 16.6. The van der Waals surface area contributed by atoms with Crippen LogP contribution in [0.2, 0.25) is 0 Å². The molecule has 0 radical (unpaired) electrons. The normalized spacial score (nSPS) is 30.8. The van der Waals surface area contributed by atoms with Gasteiger partial charge in [-0.05, 0) is 40.5 Å². The van der Waals surface area contributed by atoms with E-state index in [1.165, 1.54) is 0 Å². The van der Waals surface area contributed by atoms with E-state index >= 15 is 0 Å². The van der Waals surface area contributed by atoms with Gasteiger partial charge in [-0.2, -0.15) is 0 Å². The van der Waals surface area contributed by atoms with Gasteiger partial charge in [0.05, 0.1) is 12.6 Å². The van der Waals surface area contributed by atoms with Crippen LogP contribution >= 0.6 is 0 Å². The number of rotatable bonds is 6. The van der Waals surface area contributed by atoms with Crippen molar-refractivity contribution in [3.63, 3.8) is 0 Å². The molecule has 3 atom stereocenters. The minimum Gasteiger partial charge on any atom is -0.459 e. The van der Waals surface area contributed by atoms with Gasteiger partial charge in [-0.15, -0.1) is 0 Å². The Labute approximate surface area is 117 Å². The largest absolute Gasteiger partial charge is 0.459 e.